The quantitative estimate of drug-likeness (QED) is 0.855. The van der Waals surface area contributed by atoms with Crippen LogP contribution in [-0.4, -0.2) is 28.3 Å². The molecule has 1 atom stereocenters. The first-order valence-electron chi connectivity index (χ1n) is 5.08. The normalized spacial score (nSPS) is 19.8. The van der Waals surface area contributed by atoms with Crippen molar-refractivity contribution < 1.29 is 9.59 Å². The van der Waals surface area contributed by atoms with E-state index in [1.165, 1.54) is 4.90 Å². The first-order valence-corrected chi connectivity index (χ1v) is 5.87. The van der Waals surface area contributed by atoms with Crippen molar-refractivity contribution in [3.63, 3.8) is 0 Å². The fraction of sp³-hybridized carbons (Fsp3) is 0.400. The van der Waals surface area contributed by atoms with E-state index in [0.29, 0.717) is 5.95 Å². The maximum Gasteiger partial charge on any atom is 0.232 e. The Morgan fingerprint density at radius 2 is 2.35 bits per heavy atom. The predicted molar refractivity (Wildman–Crippen MR) is 64.1 cm³/mol. The molecule has 1 aliphatic heterocycles. The molecule has 7 heteroatoms. The Morgan fingerprint density at radius 1 is 1.65 bits per heavy atom. The molecule has 6 nitrogen and oxygen atoms in total. The van der Waals surface area contributed by atoms with Crippen LogP contribution in [0.25, 0.3) is 0 Å². The van der Waals surface area contributed by atoms with Gasteiger partial charge in [0.15, 0.2) is 0 Å². The van der Waals surface area contributed by atoms with Crippen molar-refractivity contribution in [2.45, 2.75) is 13.3 Å². The van der Waals surface area contributed by atoms with Crippen molar-refractivity contribution in [3.05, 3.63) is 16.4 Å². The van der Waals surface area contributed by atoms with E-state index in [1.807, 2.05) is 0 Å². The van der Waals surface area contributed by atoms with Gasteiger partial charge in [0.1, 0.15) is 0 Å². The van der Waals surface area contributed by atoms with Gasteiger partial charge >= 0.3 is 0 Å². The van der Waals surface area contributed by atoms with Crippen LogP contribution in [0.2, 0.25) is 0 Å². The number of primary amides is 1. The Labute approximate surface area is 106 Å². The predicted octanol–water partition coefficient (Wildman–Crippen LogP) is 0.386. The van der Waals surface area contributed by atoms with Crippen LogP contribution in [0.1, 0.15) is 12.1 Å². The molecule has 0 bridgehead atoms. The zero-order valence-electron chi connectivity index (χ0n) is 9.18. The standard InChI is InChI=1S/C10H11BrN4O2/c1-5-7(11)3-13-10(14-5)15-4-6(9(12)17)2-8(15)16/h3,6H,2,4H2,1H3,(H2,12,17). The minimum Gasteiger partial charge on any atom is -0.369 e. The minimum absolute atomic E-state index is 0.133. The zero-order valence-corrected chi connectivity index (χ0v) is 10.8. The van der Waals surface area contributed by atoms with E-state index in [2.05, 4.69) is 25.9 Å². The Hall–Kier alpha value is -1.50. The second-order valence-corrected chi connectivity index (χ2v) is 4.77. The van der Waals surface area contributed by atoms with Gasteiger partial charge in [-0.1, -0.05) is 0 Å². The molecule has 0 aliphatic carbocycles. The number of carbonyl (C=O) groups is 2. The van der Waals surface area contributed by atoms with Gasteiger partial charge < -0.3 is 5.73 Å². The monoisotopic (exact) mass is 298 g/mol. The zero-order chi connectivity index (χ0) is 12.6. The number of rotatable bonds is 2. The Balaban J connectivity index is 2.26. The molecule has 0 spiro atoms. The summed E-state index contributed by atoms with van der Waals surface area (Å²) in [5.41, 5.74) is 5.93. The van der Waals surface area contributed by atoms with Crippen molar-refractivity contribution in [2.75, 3.05) is 11.4 Å². The molecule has 1 saturated heterocycles. The van der Waals surface area contributed by atoms with Gasteiger partial charge in [0.2, 0.25) is 17.8 Å². The molecule has 0 radical (unpaired) electrons. The van der Waals surface area contributed by atoms with Crippen molar-refractivity contribution >= 4 is 33.7 Å². The highest BCUT2D eigenvalue weighted by atomic mass is 79.9. The molecule has 1 unspecified atom stereocenters. The third-order valence-electron chi connectivity index (χ3n) is 2.68. The van der Waals surface area contributed by atoms with Crippen LogP contribution in [0.5, 0.6) is 0 Å². The fourth-order valence-electron chi connectivity index (χ4n) is 1.66. The summed E-state index contributed by atoms with van der Waals surface area (Å²) >= 11 is 3.29. The molecule has 17 heavy (non-hydrogen) atoms. The third-order valence-corrected chi connectivity index (χ3v) is 3.45. The molecular weight excluding hydrogens is 288 g/mol. The van der Waals surface area contributed by atoms with Gasteiger partial charge in [-0.2, -0.15) is 0 Å². The highest BCUT2D eigenvalue weighted by molar-refractivity contribution is 9.10. The fourth-order valence-corrected chi connectivity index (χ4v) is 1.85. The van der Waals surface area contributed by atoms with Gasteiger partial charge in [0.25, 0.3) is 0 Å². The second kappa shape index (κ2) is 4.40. The topological polar surface area (TPSA) is 89.2 Å². The summed E-state index contributed by atoms with van der Waals surface area (Å²) in [5.74, 6) is -0.764. The highest BCUT2D eigenvalue weighted by Gasteiger charge is 2.35. The van der Waals surface area contributed by atoms with Gasteiger partial charge in [-0.05, 0) is 22.9 Å². The van der Waals surface area contributed by atoms with Gasteiger partial charge in [0.05, 0.1) is 16.1 Å². The lowest BCUT2D eigenvalue weighted by Crippen LogP contribution is -2.29. The molecule has 2 heterocycles. The van der Waals surface area contributed by atoms with E-state index < -0.39 is 11.8 Å². The largest absolute Gasteiger partial charge is 0.369 e. The number of halogens is 1. The SMILES string of the molecule is Cc1nc(N2CC(C(N)=O)CC2=O)ncc1Br. The lowest BCUT2D eigenvalue weighted by atomic mass is 10.1. The van der Waals surface area contributed by atoms with Crippen molar-refractivity contribution in [2.24, 2.45) is 11.7 Å². The number of hydrogen-bond acceptors (Lipinski definition) is 4. The highest BCUT2D eigenvalue weighted by Crippen LogP contribution is 2.23. The molecule has 1 aromatic rings. The molecular formula is C10H11BrN4O2. The van der Waals surface area contributed by atoms with Crippen LogP contribution in [0.4, 0.5) is 5.95 Å². The number of nitrogens with two attached hydrogens (primary N) is 1. The molecule has 90 valence electrons. The number of anilines is 1. The van der Waals surface area contributed by atoms with E-state index in [0.717, 1.165) is 10.2 Å². The number of amides is 2. The summed E-state index contributed by atoms with van der Waals surface area (Å²) in [4.78, 5) is 32.4. The molecule has 1 aliphatic rings. The Morgan fingerprint density at radius 3 is 2.88 bits per heavy atom. The maximum absolute atomic E-state index is 11.7. The summed E-state index contributed by atoms with van der Waals surface area (Å²) in [6, 6.07) is 0. The second-order valence-electron chi connectivity index (χ2n) is 3.91. The molecule has 1 aromatic heterocycles. The molecule has 1 fully saturated rings. The minimum atomic E-state index is -0.463. The smallest absolute Gasteiger partial charge is 0.232 e. The van der Waals surface area contributed by atoms with Gasteiger partial charge in [-0.15, -0.1) is 0 Å². The van der Waals surface area contributed by atoms with E-state index >= 15 is 0 Å². The summed E-state index contributed by atoms with van der Waals surface area (Å²) in [6.45, 7) is 2.07. The molecule has 0 aromatic carbocycles. The summed E-state index contributed by atoms with van der Waals surface area (Å²) < 4.78 is 0.777. The molecule has 2 amide bonds. The molecule has 2 rings (SSSR count). The van der Waals surface area contributed by atoms with E-state index in [9.17, 15) is 9.59 Å². The Bertz CT molecular complexity index is 491. The van der Waals surface area contributed by atoms with Crippen molar-refractivity contribution in [1.29, 1.82) is 0 Å². The van der Waals surface area contributed by atoms with Gasteiger partial charge in [-0.25, -0.2) is 9.97 Å². The van der Waals surface area contributed by atoms with Crippen LogP contribution in [0, 0.1) is 12.8 Å². The number of hydrogen-bond donors (Lipinski definition) is 1. The first-order chi connectivity index (χ1) is 7.99. The van der Waals surface area contributed by atoms with Crippen LogP contribution in [0.15, 0.2) is 10.7 Å². The molecule has 0 saturated carbocycles. The summed E-state index contributed by atoms with van der Waals surface area (Å²) in [6.07, 6.45) is 1.72. The van der Waals surface area contributed by atoms with Crippen molar-refractivity contribution in [3.8, 4) is 0 Å². The van der Waals surface area contributed by atoms with Crippen LogP contribution in [-0.2, 0) is 9.59 Å². The lowest BCUT2D eigenvalue weighted by Gasteiger charge is -2.14. The average Bonchev–Trinajstić information content (AvgIpc) is 2.65. The van der Waals surface area contributed by atoms with Gasteiger partial charge in [-0.3, -0.25) is 14.5 Å². The maximum atomic E-state index is 11.7. The third kappa shape index (κ3) is 2.28. The Kier molecular flexibility index (Phi) is 3.10. The van der Waals surface area contributed by atoms with E-state index in [-0.39, 0.29) is 18.9 Å². The van der Waals surface area contributed by atoms with Crippen LogP contribution >= 0.6 is 15.9 Å². The van der Waals surface area contributed by atoms with E-state index in [1.54, 1.807) is 13.1 Å². The summed E-state index contributed by atoms with van der Waals surface area (Å²) in [5, 5.41) is 0. The molecule has 2 N–H and O–H groups in total. The number of nitrogens with zero attached hydrogens (tertiary/aromatic N) is 3. The van der Waals surface area contributed by atoms with Gasteiger partial charge in [0, 0.05) is 19.2 Å². The van der Waals surface area contributed by atoms with E-state index in [4.69, 9.17) is 5.73 Å². The van der Waals surface area contributed by atoms with Crippen LogP contribution in [0.3, 0.4) is 0 Å². The van der Waals surface area contributed by atoms with Crippen molar-refractivity contribution in [1.82, 2.24) is 9.97 Å². The average molecular weight is 299 g/mol. The lowest BCUT2D eigenvalue weighted by molar-refractivity contribution is -0.123. The number of aryl methyl sites for hydroxylation is 1. The first kappa shape index (κ1) is 12.0. The van der Waals surface area contributed by atoms with Crippen LogP contribution < -0.4 is 10.6 Å². The number of aromatic nitrogens is 2. The summed E-state index contributed by atoms with van der Waals surface area (Å²) in [7, 11) is 0. The number of carbonyl (C=O) groups excluding carboxylic acids is 2.